The summed E-state index contributed by atoms with van der Waals surface area (Å²) in [6, 6.07) is 3.54. The van der Waals surface area contributed by atoms with E-state index in [4.69, 9.17) is 16.3 Å². The molecule has 2 nitrogen and oxygen atoms in total. The van der Waals surface area contributed by atoms with Crippen molar-refractivity contribution in [2.45, 2.75) is 13.8 Å². The Bertz CT molecular complexity index is 363. The molecule has 0 unspecified atom stereocenters. The van der Waals surface area contributed by atoms with Gasteiger partial charge in [-0.15, -0.1) is 0 Å². The van der Waals surface area contributed by atoms with E-state index >= 15 is 0 Å². The van der Waals surface area contributed by atoms with E-state index in [1.807, 2.05) is 13.0 Å². The summed E-state index contributed by atoms with van der Waals surface area (Å²) in [4.78, 5) is 11.3. The van der Waals surface area contributed by atoms with Crippen LogP contribution >= 0.6 is 34.2 Å². The maximum Gasteiger partial charge on any atom is 0.163 e. The number of hydrogen-bond acceptors (Lipinski definition) is 2. The number of hydrogen-bond donors (Lipinski definition) is 0. The Labute approximate surface area is 102 Å². The average molecular weight is 325 g/mol. The molecule has 0 aliphatic rings. The summed E-state index contributed by atoms with van der Waals surface area (Å²) in [5.41, 5.74) is 0.539. The highest BCUT2D eigenvalue weighted by Gasteiger charge is 2.14. The van der Waals surface area contributed by atoms with Gasteiger partial charge in [-0.2, -0.15) is 0 Å². The van der Waals surface area contributed by atoms with Crippen LogP contribution < -0.4 is 4.74 Å². The lowest BCUT2D eigenvalue weighted by molar-refractivity contribution is 0.101. The molecule has 0 aliphatic heterocycles. The minimum Gasteiger partial charge on any atom is -0.492 e. The summed E-state index contributed by atoms with van der Waals surface area (Å²) < 4.78 is 6.24. The number of rotatable bonds is 3. The molecule has 0 heterocycles. The summed E-state index contributed by atoms with van der Waals surface area (Å²) in [6.07, 6.45) is 0. The normalized spacial score (nSPS) is 10.0. The second-order valence-corrected chi connectivity index (χ2v) is 4.27. The summed E-state index contributed by atoms with van der Waals surface area (Å²) in [5.74, 6) is 0.459. The molecule has 1 aromatic rings. The molecule has 0 radical (unpaired) electrons. The highest BCUT2D eigenvalue weighted by Crippen LogP contribution is 2.33. The summed E-state index contributed by atoms with van der Waals surface area (Å²) in [5, 5.41) is 0.514. The second-order valence-electron chi connectivity index (χ2n) is 2.73. The number of ether oxygens (including phenoxy) is 1. The molecule has 0 aliphatic carbocycles. The fraction of sp³-hybridized carbons (Fsp3) is 0.300. The molecule has 14 heavy (non-hydrogen) atoms. The maximum absolute atomic E-state index is 11.3. The predicted octanol–water partition coefficient (Wildman–Crippen LogP) is 3.55. The summed E-state index contributed by atoms with van der Waals surface area (Å²) in [6.45, 7) is 3.86. The van der Waals surface area contributed by atoms with Gasteiger partial charge in [-0.1, -0.05) is 11.6 Å². The minimum atomic E-state index is -0.0354. The van der Waals surface area contributed by atoms with Gasteiger partial charge < -0.3 is 4.74 Å². The Morgan fingerprint density at radius 3 is 2.71 bits per heavy atom. The molecule has 76 valence electrons. The van der Waals surface area contributed by atoms with E-state index < -0.39 is 0 Å². The Hall–Kier alpha value is -0.290. The molecule has 0 atom stereocenters. The molecule has 0 saturated carbocycles. The first-order valence-corrected chi connectivity index (χ1v) is 5.65. The highest BCUT2D eigenvalue weighted by atomic mass is 127. The van der Waals surface area contributed by atoms with Crippen LogP contribution in [0.25, 0.3) is 0 Å². The Morgan fingerprint density at radius 1 is 1.57 bits per heavy atom. The van der Waals surface area contributed by atoms with Crippen molar-refractivity contribution in [3.63, 3.8) is 0 Å². The van der Waals surface area contributed by atoms with Crippen molar-refractivity contribution >= 4 is 40.0 Å². The van der Waals surface area contributed by atoms with Crippen LogP contribution in [0.4, 0.5) is 0 Å². The molecule has 0 amide bonds. The first-order chi connectivity index (χ1) is 6.57. The van der Waals surface area contributed by atoms with Crippen molar-refractivity contribution in [1.82, 2.24) is 0 Å². The van der Waals surface area contributed by atoms with E-state index in [0.717, 1.165) is 3.57 Å². The molecule has 1 aromatic carbocycles. The summed E-state index contributed by atoms with van der Waals surface area (Å²) >= 11 is 8.14. The van der Waals surface area contributed by atoms with Crippen LogP contribution in [-0.2, 0) is 0 Å². The van der Waals surface area contributed by atoms with E-state index in [-0.39, 0.29) is 5.78 Å². The lowest BCUT2D eigenvalue weighted by Gasteiger charge is -2.10. The van der Waals surface area contributed by atoms with Gasteiger partial charge in [-0.3, -0.25) is 4.79 Å². The minimum absolute atomic E-state index is 0.0354. The quantitative estimate of drug-likeness (QED) is 0.628. The number of carbonyl (C=O) groups excluding carboxylic acids is 1. The van der Waals surface area contributed by atoms with Crippen molar-refractivity contribution in [2.24, 2.45) is 0 Å². The van der Waals surface area contributed by atoms with Crippen molar-refractivity contribution in [1.29, 1.82) is 0 Å². The smallest absolute Gasteiger partial charge is 0.163 e. The van der Waals surface area contributed by atoms with Gasteiger partial charge in [0.1, 0.15) is 5.75 Å². The SMILES string of the molecule is CCOc1c(C(C)=O)ccc(I)c1Cl. The number of carbonyl (C=O) groups is 1. The van der Waals surface area contributed by atoms with Crippen LogP contribution in [0.2, 0.25) is 5.02 Å². The molecule has 1 rings (SSSR count). The van der Waals surface area contributed by atoms with Gasteiger partial charge >= 0.3 is 0 Å². The number of Topliss-reactive ketones (excluding diaryl/α,β-unsaturated/α-hetero) is 1. The highest BCUT2D eigenvalue weighted by molar-refractivity contribution is 14.1. The van der Waals surface area contributed by atoms with E-state index in [1.54, 1.807) is 6.07 Å². The van der Waals surface area contributed by atoms with Crippen LogP contribution in [0.15, 0.2) is 12.1 Å². The molecular weight excluding hydrogens is 314 g/mol. The first-order valence-electron chi connectivity index (χ1n) is 4.19. The lowest BCUT2D eigenvalue weighted by atomic mass is 10.1. The van der Waals surface area contributed by atoms with Crippen molar-refractivity contribution in [2.75, 3.05) is 6.61 Å². The molecule has 0 saturated heterocycles. The topological polar surface area (TPSA) is 26.3 Å². The van der Waals surface area contributed by atoms with Crippen LogP contribution in [0, 0.1) is 3.57 Å². The molecule has 0 fully saturated rings. The van der Waals surface area contributed by atoms with E-state index in [1.165, 1.54) is 6.92 Å². The zero-order chi connectivity index (χ0) is 10.7. The second kappa shape index (κ2) is 4.98. The van der Waals surface area contributed by atoms with Crippen molar-refractivity contribution in [3.05, 3.63) is 26.3 Å². The fourth-order valence-corrected chi connectivity index (χ4v) is 1.74. The lowest BCUT2D eigenvalue weighted by Crippen LogP contribution is -2.02. The fourth-order valence-electron chi connectivity index (χ4n) is 1.09. The first kappa shape index (κ1) is 11.8. The number of ketones is 1. The zero-order valence-corrected chi connectivity index (χ0v) is 10.8. The summed E-state index contributed by atoms with van der Waals surface area (Å²) in [7, 11) is 0. The third kappa shape index (κ3) is 2.39. The van der Waals surface area contributed by atoms with E-state index in [9.17, 15) is 4.79 Å². The largest absolute Gasteiger partial charge is 0.492 e. The molecule has 0 bridgehead atoms. The average Bonchev–Trinajstić information content (AvgIpc) is 2.13. The van der Waals surface area contributed by atoms with Gasteiger partial charge in [0, 0.05) is 3.57 Å². The third-order valence-corrected chi connectivity index (χ3v) is 3.31. The van der Waals surface area contributed by atoms with Crippen LogP contribution in [0.1, 0.15) is 24.2 Å². The Morgan fingerprint density at radius 2 is 2.21 bits per heavy atom. The van der Waals surface area contributed by atoms with Crippen LogP contribution in [-0.4, -0.2) is 12.4 Å². The molecule has 0 aromatic heterocycles. The van der Waals surface area contributed by atoms with Crippen molar-refractivity contribution < 1.29 is 9.53 Å². The van der Waals surface area contributed by atoms with Gasteiger partial charge in [-0.25, -0.2) is 0 Å². The molecule has 4 heteroatoms. The van der Waals surface area contributed by atoms with E-state index in [0.29, 0.717) is 22.9 Å². The van der Waals surface area contributed by atoms with Crippen LogP contribution in [0.5, 0.6) is 5.75 Å². The van der Waals surface area contributed by atoms with E-state index in [2.05, 4.69) is 22.6 Å². The van der Waals surface area contributed by atoms with Gasteiger partial charge in [0.25, 0.3) is 0 Å². The Kier molecular flexibility index (Phi) is 4.19. The predicted molar refractivity (Wildman–Crippen MR) is 65.3 cm³/mol. The third-order valence-electron chi connectivity index (χ3n) is 1.72. The van der Waals surface area contributed by atoms with Gasteiger partial charge in [0.2, 0.25) is 0 Å². The van der Waals surface area contributed by atoms with Gasteiger partial charge in [-0.05, 0) is 48.6 Å². The standard InChI is InChI=1S/C10H10ClIO2/c1-3-14-10-7(6(2)13)4-5-8(12)9(10)11/h4-5H,3H2,1-2H3. The molecular formula is C10H10ClIO2. The van der Waals surface area contributed by atoms with Crippen LogP contribution in [0.3, 0.4) is 0 Å². The monoisotopic (exact) mass is 324 g/mol. The Balaban J connectivity index is 3.29. The van der Waals surface area contributed by atoms with Gasteiger partial charge in [0.15, 0.2) is 5.78 Å². The van der Waals surface area contributed by atoms with Crippen molar-refractivity contribution in [3.8, 4) is 5.75 Å². The number of benzene rings is 1. The molecule has 0 N–H and O–H groups in total. The zero-order valence-electron chi connectivity index (χ0n) is 7.93. The number of halogens is 2. The van der Waals surface area contributed by atoms with Gasteiger partial charge in [0.05, 0.1) is 17.2 Å². The maximum atomic E-state index is 11.3. The molecule has 0 spiro atoms.